The fourth-order valence-corrected chi connectivity index (χ4v) is 3.02. The molecule has 0 N–H and O–H groups in total. The molecule has 0 aliphatic carbocycles. The number of rotatable bonds is 11. The third-order valence-electron chi connectivity index (χ3n) is 3.73. The van der Waals surface area contributed by atoms with Gasteiger partial charge in [0.2, 0.25) is 0 Å². The summed E-state index contributed by atoms with van der Waals surface area (Å²) in [7, 11) is 0. The van der Waals surface area contributed by atoms with E-state index in [1.165, 1.54) is 44.9 Å². The summed E-state index contributed by atoms with van der Waals surface area (Å²) in [5.41, 5.74) is 0. The van der Waals surface area contributed by atoms with E-state index in [-0.39, 0.29) is 0 Å². The maximum atomic E-state index is 3.76. The standard InChI is InChI=1S/C17H35N/c1-7-8-9-10-11-12-13-14-17(6)18(15(2)3)16(4)5/h7,15-17H,1,8-14H2,2-6H3. The fraction of sp³-hybridized carbons (Fsp3) is 0.882. The SMILES string of the molecule is C=CCCCCCCCC(C)N(C(C)C)C(C)C. The Morgan fingerprint density at radius 2 is 1.33 bits per heavy atom. The molecule has 1 unspecified atom stereocenters. The van der Waals surface area contributed by atoms with Gasteiger partial charge in [0.15, 0.2) is 0 Å². The third-order valence-corrected chi connectivity index (χ3v) is 3.73. The van der Waals surface area contributed by atoms with Crippen LogP contribution in [0.5, 0.6) is 0 Å². The van der Waals surface area contributed by atoms with Crippen LogP contribution >= 0.6 is 0 Å². The van der Waals surface area contributed by atoms with Gasteiger partial charge >= 0.3 is 0 Å². The van der Waals surface area contributed by atoms with Crippen molar-refractivity contribution in [2.45, 2.75) is 97.7 Å². The van der Waals surface area contributed by atoms with Crippen LogP contribution < -0.4 is 0 Å². The first-order valence-corrected chi connectivity index (χ1v) is 7.89. The highest BCUT2D eigenvalue weighted by Crippen LogP contribution is 2.17. The number of unbranched alkanes of at least 4 members (excludes halogenated alkanes) is 5. The minimum Gasteiger partial charge on any atom is -0.296 e. The smallest absolute Gasteiger partial charge is 0.00723 e. The monoisotopic (exact) mass is 253 g/mol. The van der Waals surface area contributed by atoms with E-state index >= 15 is 0 Å². The lowest BCUT2D eigenvalue weighted by Gasteiger charge is -2.36. The molecule has 0 amide bonds. The molecule has 0 aromatic heterocycles. The molecule has 0 aliphatic rings. The van der Waals surface area contributed by atoms with Gasteiger partial charge in [-0.2, -0.15) is 0 Å². The lowest BCUT2D eigenvalue weighted by atomic mass is 10.0. The Hall–Kier alpha value is -0.300. The molecule has 0 rings (SSSR count). The van der Waals surface area contributed by atoms with Crippen LogP contribution in [0.4, 0.5) is 0 Å². The summed E-state index contributed by atoms with van der Waals surface area (Å²) >= 11 is 0. The number of hydrogen-bond donors (Lipinski definition) is 0. The summed E-state index contributed by atoms with van der Waals surface area (Å²) in [6.45, 7) is 15.4. The van der Waals surface area contributed by atoms with Gasteiger partial charge in [-0.15, -0.1) is 6.58 Å². The van der Waals surface area contributed by atoms with Crippen LogP contribution in [0.3, 0.4) is 0 Å². The van der Waals surface area contributed by atoms with Crippen LogP contribution in [0.25, 0.3) is 0 Å². The molecule has 0 radical (unpaired) electrons. The molecule has 0 aromatic rings. The second-order valence-electron chi connectivity index (χ2n) is 6.12. The average Bonchev–Trinajstić information content (AvgIpc) is 2.26. The summed E-state index contributed by atoms with van der Waals surface area (Å²) in [5, 5.41) is 0. The van der Waals surface area contributed by atoms with E-state index in [0.717, 1.165) is 6.04 Å². The Kier molecular flexibility index (Phi) is 10.4. The van der Waals surface area contributed by atoms with Crippen LogP contribution in [0, 0.1) is 0 Å². The van der Waals surface area contributed by atoms with Crippen molar-refractivity contribution < 1.29 is 0 Å². The van der Waals surface area contributed by atoms with E-state index in [1.54, 1.807) is 0 Å². The summed E-state index contributed by atoms with van der Waals surface area (Å²) < 4.78 is 0. The van der Waals surface area contributed by atoms with Crippen LogP contribution in [0.1, 0.15) is 79.6 Å². The first-order valence-electron chi connectivity index (χ1n) is 7.89. The van der Waals surface area contributed by atoms with Crippen LogP contribution in [-0.4, -0.2) is 23.0 Å². The van der Waals surface area contributed by atoms with Gasteiger partial charge in [-0.25, -0.2) is 0 Å². The molecule has 0 aromatic carbocycles. The van der Waals surface area contributed by atoms with Crippen LogP contribution in [0.2, 0.25) is 0 Å². The number of nitrogens with zero attached hydrogens (tertiary/aromatic N) is 1. The highest BCUT2D eigenvalue weighted by atomic mass is 15.2. The van der Waals surface area contributed by atoms with Gasteiger partial charge in [0.25, 0.3) is 0 Å². The van der Waals surface area contributed by atoms with Gasteiger partial charge in [-0.3, -0.25) is 4.90 Å². The number of allylic oxidation sites excluding steroid dienone is 1. The fourth-order valence-electron chi connectivity index (χ4n) is 3.02. The van der Waals surface area contributed by atoms with Crippen molar-refractivity contribution in [2.24, 2.45) is 0 Å². The van der Waals surface area contributed by atoms with Crippen molar-refractivity contribution in [1.29, 1.82) is 0 Å². The van der Waals surface area contributed by atoms with Crippen molar-refractivity contribution >= 4 is 0 Å². The minimum atomic E-state index is 0.660. The van der Waals surface area contributed by atoms with Gasteiger partial charge in [-0.05, 0) is 53.9 Å². The molecule has 1 atom stereocenters. The van der Waals surface area contributed by atoms with E-state index in [1.807, 2.05) is 6.08 Å². The summed E-state index contributed by atoms with van der Waals surface area (Å²) in [4.78, 5) is 2.64. The third kappa shape index (κ3) is 7.92. The summed E-state index contributed by atoms with van der Waals surface area (Å²) in [5.74, 6) is 0. The topological polar surface area (TPSA) is 3.24 Å². The highest BCUT2D eigenvalue weighted by molar-refractivity contribution is 4.74. The Morgan fingerprint density at radius 3 is 1.83 bits per heavy atom. The van der Waals surface area contributed by atoms with Gasteiger partial charge in [0, 0.05) is 18.1 Å². The maximum absolute atomic E-state index is 3.76. The quantitative estimate of drug-likeness (QED) is 0.351. The zero-order valence-corrected chi connectivity index (χ0v) is 13.4. The normalized spacial score (nSPS) is 13.6. The molecule has 0 fully saturated rings. The Morgan fingerprint density at radius 1 is 0.833 bits per heavy atom. The van der Waals surface area contributed by atoms with E-state index < -0.39 is 0 Å². The second kappa shape index (κ2) is 10.6. The van der Waals surface area contributed by atoms with Crippen molar-refractivity contribution in [2.75, 3.05) is 0 Å². The van der Waals surface area contributed by atoms with E-state index in [0.29, 0.717) is 12.1 Å². The molecule has 18 heavy (non-hydrogen) atoms. The summed E-state index contributed by atoms with van der Waals surface area (Å²) in [6.07, 6.45) is 11.4. The molecule has 0 saturated carbocycles. The van der Waals surface area contributed by atoms with Gasteiger partial charge in [0.05, 0.1) is 0 Å². The highest BCUT2D eigenvalue weighted by Gasteiger charge is 2.19. The second-order valence-corrected chi connectivity index (χ2v) is 6.12. The zero-order chi connectivity index (χ0) is 14.0. The van der Waals surface area contributed by atoms with E-state index in [9.17, 15) is 0 Å². The zero-order valence-electron chi connectivity index (χ0n) is 13.4. The molecule has 108 valence electrons. The first-order chi connectivity index (χ1) is 8.50. The predicted octanol–water partition coefficient (Wildman–Crippen LogP) is 5.41. The molecule has 1 nitrogen and oxygen atoms in total. The van der Waals surface area contributed by atoms with Crippen LogP contribution in [0.15, 0.2) is 12.7 Å². The molecule has 0 aliphatic heterocycles. The first kappa shape index (κ1) is 17.7. The van der Waals surface area contributed by atoms with Crippen molar-refractivity contribution in [3.05, 3.63) is 12.7 Å². The predicted molar refractivity (Wildman–Crippen MR) is 84.1 cm³/mol. The van der Waals surface area contributed by atoms with Crippen molar-refractivity contribution in [3.63, 3.8) is 0 Å². The molecular weight excluding hydrogens is 218 g/mol. The van der Waals surface area contributed by atoms with E-state index in [2.05, 4.69) is 46.1 Å². The van der Waals surface area contributed by atoms with Crippen molar-refractivity contribution in [1.82, 2.24) is 4.90 Å². The Bertz CT molecular complexity index is 188. The molecule has 0 heterocycles. The Labute approximate surface area is 116 Å². The largest absolute Gasteiger partial charge is 0.296 e. The van der Waals surface area contributed by atoms with Gasteiger partial charge in [0.1, 0.15) is 0 Å². The molecular formula is C17H35N. The number of hydrogen-bond acceptors (Lipinski definition) is 1. The summed E-state index contributed by atoms with van der Waals surface area (Å²) in [6, 6.07) is 2.04. The van der Waals surface area contributed by atoms with E-state index in [4.69, 9.17) is 0 Å². The molecule has 1 heteroatoms. The van der Waals surface area contributed by atoms with Crippen LogP contribution in [-0.2, 0) is 0 Å². The Balaban J connectivity index is 3.68. The average molecular weight is 253 g/mol. The van der Waals surface area contributed by atoms with Gasteiger partial charge < -0.3 is 0 Å². The molecule has 0 saturated heterocycles. The minimum absolute atomic E-state index is 0.660. The molecule has 0 spiro atoms. The lowest BCUT2D eigenvalue weighted by molar-refractivity contribution is 0.115. The van der Waals surface area contributed by atoms with Crippen molar-refractivity contribution in [3.8, 4) is 0 Å². The molecule has 0 bridgehead atoms. The maximum Gasteiger partial charge on any atom is 0.00723 e. The van der Waals surface area contributed by atoms with Gasteiger partial charge in [-0.1, -0.05) is 31.8 Å². The lowest BCUT2D eigenvalue weighted by Crippen LogP contribution is -2.43.